The summed E-state index contributed by atoms with van der Waals surface area (Å²) in [4.78, 5) is 49.0. The smallest absolute Gasteiger partial charge is 0.261 e. The van der Waals surface area contributed by atoms with Gasteiger partial charge in [-0.2, -0.15) is 0 Å². The lowest BCUT2D eigenvalue weighted by atomic mass is 10.1. The van der Waals surface area contributed by atoms with Crippen molar-refractivity contribution in [1.29, 1.82) is 0 Å². The molecule has 1 aromatic carbocycles. The van der Waals surface area contributed by atoms with Crippen LogP contribution in [-0.4, -0.2) is 43.8 Å². The highest BCUT2D eigenvalue weighted by atomic mass is 35.5. The molecule has 3 heterocycles. The minimum atomic E-state index is -0.707. The highest BCUT2D eigenvalue weighted by molar-refractivity contribution is 7.17. The van der Waals surface area contributed by atoms with Gasteiger partial charge in [0, 0.05) is 18.0 Å². The molecule has 0 saturated heterocycles. The van der Waals surface area contributed by atoms with Gasteiger partial charge in [-0.15, -0.1) is 16.4 Å². The standard InChI is InChI=1S/C22H18ClN7O4S/c23-18-7-6-17(35-18)22(34)25-10-13-12-30(28-27-13)16-5-4-14(29-8-2-1-3-20(29)32)9-15(16)21(33)26-11-19(24)31/h1-9,12H,10-11H2,(H2,24,31)(H,25,34)(H,26,33). The summed E-state index contributed by atoms with van der Waals surface area (Å²) in [6.07, 6.45) is 3.12. The molecule has 13 heteroatoms. The Balaban J connectivity index is 1.61. The summed E-state index contributed by atoms with van der Waals surface area (Å²) in [7, 11) is 0. The van der Waals surface area contributed by atoms with E-state index in [1.807, 2.05) is 0 Å². The Morgan fingerprint density at radius 3 is 2.60 bits per heavy atom. The number of amides is 3. The van der Waals surface area contributed by atoms with E-state index < -0.39 is 11.8 Å². The van der Waals surface area contributed by atoms with E-state index in [-0.39, 0.29) is 30.1 Å². The molecular weight excluding hydrogens is 494 g/mol. The third-order valence-corrected chi connectivity index (χ3v) is 5.99. The lowest BCUT2D eigenvalue weighted by molar-refractivity contribution is -0.117. The summed E-state index contributed by atoms with van der Waals surface area (Å²) < 4.78 is 3.23. The molecule has 0 aliphatic heterocycles. The third-order valence-electron chi connectivity index (χ3n) is 4.76. The number of nitrogens with zero attached hydrogens (tertiary/aromatic N) is 4. The predicted molar refractivity (Wildman–Crippen MR) is 129 cm³/mol. The van der Waals surface area contributed by atoms with Crippen LogP contribution in [0.1, 0.15) is 25.7 Å². The van der Waals surface area contributed by atoms with Gasteiger partial charge in [0.05, 0.1) is 39.8 Å². The van der Waals surface area contributed by atoms with Crippen LogP contribution in [0.4, 0.5) is 0 Å². The predicted octanol–water partition coefficient (Wildman–Crippen LogP) is 1.28. The van der Waals surface area contributed by atoms with Crippen molar-refractivity contribution in [3.63, 3.8) is 0 Å². The number of thiophene rings is 1. The molecule has 11 nitrogen and oxygen atoms in total. The zero-order valence-electron chi connectivity index (χ0n) is 18.0. The molecule has 0 aliphatic rings. The zero-order valence-corrected chi connectivity index (χ0v) is 19.5. The highest BCUT2D eigenvalue weighted by Crippen LogP contribution is 2.21. The fourth-order valence-electron chi connectivity index (χ4n) is 3.15. The quantitative estimate of drug-likeness (QED) is 0.324. The number of rotatable bonds is 8. The first-order valence-electron chi connectivity index (χ1n) is 10.2. The van der Waals surface area contributed by atoms with E-state index in [4.69, 9.17) is 17.3 Å². The monoisotopic (exact) mass is 511 g/mol. The van der Waals surface area contributed by atoms with Crippen LogP contribution in [0.25, 0.3) is 11.4 Å². The number of halogens is 1. The molecule has 0 atom stereocenters. The third kappa shape index (κ3) is 5.62. The van der Waals surface area contributed by atoms with Crippen LogP contribution in [0.3, 0.4) is 0 Å². The summed E-state index contributed by atoms with van der Waals surface area (Å²) in [5.74, 6) is -1.61. The van der Waals surface area contributed by atoms with Crippen molar-refractivity contribution < 1.29 is 14.4 Å². The largest absolute Gasteiger partial charge is 0.368 e. The van der Waals surface area contributed by atoms with Crippen molar-refractivity contribution >= 4 is 40.7 Å². The number of nitrogens with two attached hydrogens (primary N) is 1. The number of carbonyl (C=O) groups is 3. The van der Waals surface area contributed by atoms with E-state index in [1.54, 1.807) is 48.8 Å². The van der Waals surface area contributed by atoms with Gasteiger partial charge in [-0.25, -0.2) is 4.68 Å². The molecule has 4 rings (SSSR count). The first kappa shape index (κ1) is 23.9. The van der Waals surface area contributed by atoms with Crippen molar-refractivity contribution in [2.75, 3.05) is 6.54 Å². The van der Waals surface area contributed by atoms with Crippen LogP contribution >= 0.6 is 22.9 Å². The second-order valence-corrected chi connectivity index (χ2v) is 8.92. The van der Waals surface area contributed by atoms with Gasteiger partial charge < -0.3 is 16.4 Å². The van der Waals surface area contributed by atoms with E-state index >= 15 is 0 Å². The lowest BCUT2D eigenvalue weighted by Gasteiger charge is -2.12. The zero-order chi connectivity index (χ0) is 24.9. The molecule has 3 amide bonds. The summed E-state index contributed by atoms with van der Waals surface area (Å²) in [5, 5.41) is 13.3. The summed E-state index contributed by atoms with van der Waals surface area (Å²) >= 11 is 7.02. The summed E-state index contributed by atoms with van der Waals surface area (Å²) in [6.45, 7) is -0.274. The maximum absolute atomic E-state index is 12.9. The molecule has 0 unspecified atom stereocenters. The number of pyridine rings is 1. The van der Waals surface area contributed by atoms with Crippen LogP contribution in [0.5, 0.6) is 0 Å². The summed E-state index contributed by atoms with van der Waals surface area (Å²) in [6, 6.07) is 12.7. The Bertz CT molecular complexity index is 1480. The number of primary amides is 1. The van der Waals surface area contributed by atoms with Crippen LogP contribution in [0, 0.1) is 0 Å². The van der Waals surface area contributed by atoms with Crippen molar-refractivity contribution in [1.82, 2.24) is 30.2 Å². The molecule has 0 spiro atoms. The molecule has 0 radical (unpaired) electrons. The van der Waals surface area contributed by atoms with Crippen LogP contribution in [0.2, 0.25) is 4.34 Å². The Hall–Kier alpha value is -4.29. The maximum atomic E-state index is 12.9. The van der Waals surface area contributed by atoms with Gasteiger partial charge in [0.25, 0.3) is 17.4 Å². The number of benzene rings is 1. The number of carbonyl (C=O) groups excluding carboxylic acids is 3. The van der Waals surface area contributed by atoms with Crippen molar-refractivity contribution in [3.8, 4) is 11.4 Å². The van der Waals surface area contributed by atoms with E-state index in [0.29, 0.717) is 26.3 Å². The molecule has 0 fully saturated rings. The van der Waals surface area contributed by atoms with Gasteiger partial charge in [-0.05, 0) is 36.4 Å². The van der Waals surface area contributed by atoms with E-state index in [0.717, 1.165) is 11.3 Å². The van der Waals surface area contributed by atoms with E-state index in [2.05, 4.69) is 20.9 Å². The van der Waals surface area contributed by atoms with Crippen molar-refractivity contribution in [3.05, 3.63) is 91.7 Å². The van der Waals surface area contributed by atoms with Crippen molar-refractivity contribution in [2.24, 2.45) is 5.73 Å². The van der Waals surface area contributed by atoms with Crippen LogP contribution in [-0.2, 0) is 11.3 Å². The number of hydrogen-bond acceptors (Lipinski definition) is 7. The molecule has 3 aromatic heterocycles. The molecule has 0 aliphatic carbocycles. The van der Waals surface area contributed by atoms with Gasteiger partial charge in [0.15, 0.2) is 0 Å². The topological polar surface area (TPSA) is 154 Å². The fourth-order valence-corrected chi connectivity index (χ4v) is 4.11. The van der Waals surface area contributed by atoms with Crippen LogP contribution < -0.4 is 21.9 Å². The maximum Gasteiger partial charge on any atom is 0.261 e. The van der Waals surface area contributed by atoms with Crippen LogP contribution in [0.15, 0.2) is 65.7 Å². The average Bonchev–Trinajstić information content (AvgIpc) is 3.50. The lowest BCUT2D eigenvalue weighted by Crippen LogP contribution is -2.34. The number of hydrogen-bond donors (Lipinski definition) is 3. The van der Waals surface area contributed by atoms with Gasteiger partial charge in [0.2, 0.25) is 5.91 Å². The Labute approximate surface area is 207 Å². The number of nitrogens with one attached hydrogen (secondary N) is 2. The second kappa shape index (κ2) is 10.3. The van der Waals surface area contributed by atoms with Crippen molar-refractivity contribution in [2.45, 2.75) is 6.54 Å². The first-order chi connectivity index (χ1) is 16.8. The Kier molecular flexibility index (Phi) is 7.03. The molecule has 4 aromatic rings. The highest BCUT2D eigenvalue weighted by Gasteiger charge is 2.17. The molecule has 0 saturated carbocycles. The molecular formula is C22H18ClN7O4S. The van der Waals surface area contributed by atoms with Gasteiger partial charge in [-0.1, -0.05) is 22.9 Å². The average molecular weight is 512 g/mol. The SMILES string of the molecule is NC(=O)CNC(=O)c1cc(-n2ccccc2=O)ccc1-n1cc(CNC(=O)c2ccc(Cl)s2)nn1. The second-order valence-electron chi connectivity index (χ2n) is 7.20. The summed E-state index contributed by atoms with van der Waals surface area (Å²) in [5.41, 5.74) is 6.21. The minimum Gasteiger partial charge on any atom is -0.368 e. The Morgan fingerprint density at radius 2 is 1.89 bits per heavy atom. The molecule has 0 bridgehead atoms. The molecule has 35 heavy (non-hydrogen) atoms. The molecule has 4 N–H and O–H groups in total. The number of aromatic nitrogens is 4. The van der Waals surface area contributed by atoms with Gasteiger partial charge in [-0.3, -0.25) is 23.7 Å². The fraction of sp³-hybridized carbons (Fsp3) is 0.0909. The van der Waals surface area contributed by atoms with E-state index in [1.165, 1.54) is 21.4 Å². The molecule has 178 valence electrons. The Morgan fingerprint density at radius 1 is 1.06 bits per heavy atom. The van der Waals surface area contributed by atoms with E-state index in [9.17, 15) is 19.2 Å². The normalized spacial score (nSPS) is 10.7. The van der Waals surface area contributed by atoms with Gasteiger partial charge in [0.1, 0.15) is 5.69 Å². The first-order valence-corrected chi connectivity index (χ1v) is 11.3. The van der Waals surface area contributed by atoms with Gasteiger partial charge >= 0.3 is 0 Å². The minimum absolute atomic E-state index is 0.0923.